The lowest BCUT2D eigenvalue weighted by molar-refractivity contribution is 0.628. The van der Waals surface area contributed by atoms with Crippen molar-refractivity contribution in [3.05, 3.63) is 58.3 Å². The SMILES string of the molecule is CN(c1cccc(F)c1)c1ccc(CBr)cc1Br. The normalized spacial score (nSPS) is 10.4. The van der Waals surface area contributed by atoms with Gasteiger partial charge in [-0.3, -0.25) is 0 Å². The molecular formula is C14H12Br2FN. The van der Waals surface area contributed by atoms with Crippen molar-refractivity contribution in [3.8, 4) is 0 Å². The topological polar surface area (TPSA) is 3.24 Å². The molecule has 0 N–H and O–H groups in total. The average Bonchev–Trinajstić information content (AvgIpc) is 2.37. The second kappa shape index (κ2) is 5.85. The summed E-state index contributed by atoms with van der Waals surface area (Å²) in [7, 11) is 1.92. The standard InChI is InChI=1S/C14H12Br2FN/c1-18(12-4-2-3-11(17)8-12)14-6-5-10(9-15)7-13(14)16/h2-8H,9H2,1H3. The molecule has 0 saturated carbocycles. The van der Waals surface area contributed by atoms with Crippen LogP contribution in [0.2, 0.25) is 0 Å². The van der Waals surface area contributed by atoms with E-state index in [0.717, 1.165) is 21.2 Å². The summed E-state index contributed by atoms with van der Waals surface area (Å²) in [5.74, 6) is -0.229. The largest absolute Gasteiger partial charge is 0.344 e. The van der Waals surface area contributed by atoms with E-state index in [1.165, 1.54) is 17.7 Å². The Kier molecular flexibility index (Phi) is 4.40. The van der Waals surface area contributed by atoms with Crippen LogP contribution in [0.5, 0.6) is 0 Å². The van der Waals surface area contributed by atoms with Crippen LogP contribution in [0.25, 0.3) is 0 Å². The van der Waals surface area contributed by atoms with Gasteiger partial charge in [0.05, 0.1) is 5.69 Å². The van der Waals surface area contributed by atoms with E-state index in [9.17, 15) is 4.39 Å². The first-order chi connectivity index (χ1) is 8.61. The highest BCUT2D eigenvalue weighted by Crippen LogP contribution is 2.32. The van der Waals surface area contributed by atoms with Crippen LogP contribution in [-0.2, 0) is 5.33 Å². The monoisotopic (exact) mass is 371 g/mol. The summed E-state index contributed by atoms with van der Waals surface area (Å²) in [6.45, 7) is 0. The second-order valence-electron chi connectivity index (χ2n) is 3.96. The minimum absolute atomic E-state index is 0.229. The molecule has 1 nitrogen and oxygen atoms in total. The van der Waals surface area contributed by atoms with E-state index in [1.54, 1.807) is 6.07 Å². The van der Waals surface area contributed by atoms with Gasteiger partial charge in [-0.25, -0.2) is 4.39 Å². The minimum Gasteiger partial charge on any atom is -0.344 e. The summed E-state index contributed by atoms with van der Waals surface area (Å²) in [6, 6.07) is 12.7. The fourth-order valence-corrected chi connectivity index (χ4v) is 2.77. The fourth-order valence-electron chi connectivity index (χ4n) is 1.73. The number of rotatable bonds is 3. The Labute approximate surface area is 123 Å². The van der Waals surface area contributed by atoms with Crippen molar-refractivity contribution in [2.75, 3.05) is 11.9 Å². The summed E-state index contributed by atoms with van der Waals surface area (Å²) >= 11 is 6.97. The summed E-state index contributed by atoms with van der Waals surface area (Å²) < 4.78 is 14.2. The molecule has 0 aliphatic rings. The number of nitrogens with zero attached hydrogens (tertiary/aromatic N) is 1. The van der Waals surface area contributed by atoms with Gasteiger partial charge in [0.1, 0.15) is 5.82 Å². The molecule has 2 rings (SSSR count). The van der Waals surface area contributed by atoms with E-state index in [1.807, 2.05) is 30.1 Å². The Morgan fingerprint density at radius 1 is 1.17 bits per heavy atom. The first-order valence-electron chi connectivity index (χ1n) is 5.45. The van der Waals surface area contributed by atoms with E-state index in [2.05, 4.69) is 37.9 Å². The van der Waals surface area contributed by atoms with Crippen LogP contribution in [0.3, 0.4) is 0 Å². The van der Waals surface area contributed by atoms with Crippen molar-refractivity contribution in [1.82, 2.24) is 0 Å². The van der Waals surface area contributed by atoms with Crippen molar-refractivity contribution in [2.45, 2.75) is 5.33 Å². The lowest BCUT2D eigenvalue weighted by Gasteiger charge is -2.21. The van der Waals surface area contributed by atoms with Crippen LogP contribution < -0.4 is 4.90 Å². The molecule has 0 fully saturated rings. The molecular weight excluding hydrogens is 361 g/mol. The molecule has 0 unspecified atom stereocenters. The molecule has 4 heteroatoms. The molecule has 18 heavy (non-hydrogen) atoms. The van der Waals surface area contributed by atoms with Gasteiger partial charge in [0, 0.05) is 22.5 Å². The lowest BCUT2D eigenvalue weighted by atomic mass is 10.2. The Balaban J connectivity index is 2.37. The molecule has 2 aromatic carbocycles. The maximum Gasteiger partial charge on any atom is 0.125 e. The van der Waals surface area contributed by atoms with Crippen molar-refractivity contribution in [3.63, 3.8) is 0 Å². The smallest absolute Gasteiger partial charge is 0.125 e. The van der Waals surface area contributed by atoms with Crippen molar-refractivity contribution >= 4 is 43.2 Å². The van der Waals surface area contributed by atoms with E-state index in [0.29, 0.717) is 0 Å². The Morgan fingerprint density at radius 3 is 2.56 bits per heavy atom. The third-order valence-corrected chi connectivity index (χ3v) is 4.01. The Bertz CT molecular complexity index is 557. The zero-order valence-electron chi connectivity index (χ0n) is 9.83. The number of halogens is 3. The van der Waals surface area contributed by atoms with Crippen LogP contribution >= 0.6 is 31.9 Å². The van der Waals surface area contributed by atoms with E-state index < -0.39 is 0 Å². The van der Waals surface area contributed by atoms with Gasteiger partial charge >= 0.3 is 0 Å². The van der Waals surface area contributed by atoms with Crippen molar-refractivity contribution in [2.24, 2.45) is 0 Å². The number of alkyl halides is 1. The molecule has 0 aromatic heterocycles. The van der Waals surface area contributed by atoms with Gasteiger partial charge in [-0.05, 0) is 51.8 Å². The van der Waals surface area contributed by atoms with Crippen LogP contribution in [0.1, 0.15) is 5.56 Å². The number of hydrogen-bond acceptors (Lipinski definition) is 1. The molecule has 94 valence electrons. The summed E-state index contributed by atoms with van der Waals surface area (Å²) in [4.78, 5) is 1.95. The predicted octanol–water partition coefficient (Wildman–Crippen LogP) is 5.25. The molecule has 0 spiro atoms. The molecule has 0 radical (unpaired) electrons. The quantitative estimate of drug-likeness (QED) is 0.665. The van der Waals surface area contributed by atoms with Crippen LogP contribution in [-0.4, -0.2) is 7.05 Å². The molecule has 0 saturated heterocycles. The Hall–Kier alpha value is -0.870. The Morgan fingerprint density at radius 2 is 1.94 bits per heavy atom. The van der Waals surface area contributed by atoms with E-state index in [-0.39, 0.29) is 5.82 Å². The average molecular weight is 373 g/mol. The summed E-state index contributed by atoms with van der Waals surface area (Å²) in [5, 5.41) is 0.815. The van der Waals surface area contributed by atoms with Crippen molar-refractivity contribution in [1.29, 1.82) is 0 Å². The fraction of sp³-hybridized carbons (Fsp3) is 0.143. The zero-order valence-corrected chi connectivity index (χ0v) is 13.0. The summed E-state index contributed by atoms with van der Waals surface area (Å²) in [6.07, 6.45) is 0. The lowest BCUT2D eigenvalue weighted by Crippen LogP contribution is -2.10. The molecule has 2 aromatic rings. The molecule has 0 bridgehead atoms. The van der Waals surface area contributed by atoms with Gasteiger partial charge in [-0.1, -0.05) is 28.1 Å². The van der Waals surface area contributed by atoms with Gasteiger partial charge < -0.3 is 4.90 Å². The highest BCUT2D eigenvalue weighted by molar-refractivity contribution is 9.10. The molecule has 0 amide bonds. The molecule has 0 heterocycles. The van der Waals surface area contributed by atoms with Crippen LogP contribution in [0, 0.1) is 5.82 Å². The first-order valence-corrected chi connectivity index (χ1v) is 7.37. The van der Waals surface area contributed by atoms with Gasteiger partial charge in [0.2, 0.25) is 0 Å². The predicted molar refractivity (Wildman–Crippen MR) is 81.2 cm³/mol. The first kappa shape index (κ1) is 13.6. The van der Waals surface area contributed by atoms with Crippen LogP contribution in [0.15, 0.2) is 46.9 Å². The maximum absolute atomic E-state index is 13.2. The third-order valence-electron chi connectivity index (χ3n) is 2.72. The number of hydrogen-bond donors (Lipinski definition) is 0. The van der Waals surface area contributed by atoms with Gasteiger partial charge in [-0.15, -0.1) is 0 Å². The van der Waals surface area contributed by atoms with Crippen molar-refractivity contribution < 1.29 is 4.39 Å². The third kappa shape index (κ3) is 2.93. The zero-order chi connectivity index (χ0) is 13.1. The van der Waals surface area contributed by atoms with Gasteiger partial charge in [0.15, 0.2) is 0 Å². The number of anilines is 2. The highest BCUT2D eigenvalue weighted by Gasteiger charge is 2.09. The molecule has 0 atom stereocenters. The minimum atomic E-state index is -0.229. The van der Waals surface area contributed by atoms with Gasteiger partial charge in [0.25, 0.3) is 0 Å². The maximum atomic E-state index is 13.2. The number of benzene rings is 2. The van der Waals surface area contributed by atoms with E-state index >= 15 is 0 Å². The highest BCUT2D eigenvalue weighted by atomic mass is 79.9. The molecule has 0 aliphatic carbocycles. The second-order valence-corrected chi connectivity index (χ2v) is 5.37. The van der Waals surface area contributed by atoms with E-state index in [4.69, 9.17) is 0 Å². The van der Waals surface area contributed by atoms with Crippen LogP contribution in [0.4, 0.5) is 15.8 Å². The summed E-state index contributed by atoms with van der Waals surface area (Å²) in [5.41, 5.74) is 3.02. The van der Waals surface area contributed by atoms with Gasteiger partial charge in [-0.2, -0.15) is 0 Å². The molecule has 0 aliphatic heterocycles.